The molecule has 1 N–H and O–H groups in total. The Bertz CT molecular complexity index is 439. The number of nitrogens with one attached hydrogen (secondary N) is 1. The maximum Gasteiger partial charge on any atom is 0.257 e. The fraction of sp³-hybridized carbons (Fsp3) is 0.417. The van der Waals surface area contributed by atoms with E-state index in [1.165, 1.54) is 12.1 Å². The largest absolute Gasteiger partial charge is 0.333 e. The van der Waals surface area contributed by atoms with Crippen LogP contribution in [0.2, 0.25) is 5.02 Å². The summed E-state index contributed by atoms with van der Waals surface area (Å²) in [6.07, 6.45) is 0. The summed E-state index contributed by atoms with van der Waals surface area (Å²) in [7, 11) is 0. The van der Waals surface area contributed by atoms with Gasteiger partial charge in [-0.25, -0.2) is 4.39 Å². The smallest absolute Gasteiger partial charge is 0.257 e. The first-order valence-corrected chi connectivity index (χ1v) is 5.94. The molecule has 1 heterocycles. The van der Waals surface area contributed by atoms with Crippen molar-refractivity contribution in [1.29, 1.82) is 0 Å². The third kappa shape index (κ3) is 2.42. The molecule has 5 heteroatoms. The van der Waals surface area contributed by atoms with Crippen LogP contribution in [0.15, 0.2) is 18.2 Å². The van der Waals surface area contributed by atoms with E-state index in [9.17, 15) is 9.18 Å². The van der Waals surface area contributed by atoms with E-state index in [0.717, 1.165) is 13.1 Å². The van der Waals surface area contributed by atoms with Crippen molar-refractivity contribution in [3.05, 3.63) is 34.6 Å². The summed E-state index contributed by atoms with van der Waals surface area (Å²) in [4.78, 5) is 13.9. The van der Waals surface area contributed by atoms with Gasteiger partial charge in [0, 0.05) is 25.7 Å². The third-order valence-corrected chi connectivity index (χ3v) is 3.24. The van der Waals surface area contributed by atoms with E-state index in [0.29, 0.717) is 6.54 Å². The van der Waals surface area contributed by atoms with Crippen LogP contribution in [-0.4, -0.2) is 36.5 Å². The van der Waals surface area contributed by atoms with Crippen LogP contribution < -0.4 is 5.32 Å². The molecule has 0 unspecified atom stereocenters. The molecule has 3 nitrogen and oxygen atoms in total. The van der Waals surface area contributed by atoms with Crippen LogP contribution in [-0.2, 0) is 0 Å². The van der Waals surface area contributed by atoms with Crippen molar-refractivity contribution >= 4 is 17.5 Å². The summed E-state index contributed by atoms with van der Waals surface area (Å²) in [5, 5.41) is 3.17. The van der Waals surface area contributed by atoms with Crippen LogP contribution in [0.1, 0.15) is 17.3 Å². The summed E-state index contributed by atoms with van der Waals surface area (Å²) in [6, 6.07) is 4.56. The summed E-state index contributed by atoms with van der Waals surface area (Å²) < 4.78 is 13.7. The number of carbonyl (C=O) groups excluding carboxylic acids is 1. The van der Waals surface area contributed by atoms with Crippen LogP contribution in [0.3, 0.4) is 0 Å². The molecule has 1 amide bonds. The number of benzene rings is 1. The molecule has 1 atom stereocenters. The SMILES string of the molecule is C[C@H]1CNCCN1C(=O)c1cccc(Cl)c1F. The quantitative estimate of drug-likeness (QED) is 0.833. The molecular formula is C12H14ClFN2O. The number of hydrogen-bond acceptors (Lipinski definition) is 2. The average molecular weight is 257 g/mol. The number of carbonyl (C=O) groups is 1. The molecule has 92 valence electrons. The molecule has 1 aromatic carbocycles. The molecule has 1 aromatic rings. The van der Waals surface area contributed by atoms with Crippen LogP contribution >= 0.6 is 11.6 Å². The molecule has 1 aliphatic heterocycles. The van der Waals surface area contributed by atoms with Crippen LogP contribution in [0.4, 0.5) is 4.39 Å². The Morgan fingerprint density at radius 3 is 3.06 bits per heavy atom. The molecular weight excluding hydrogens is 243 g/mol. The molecule has 1 aliphatic rings. The molecule has 0 aliphatic carbocycles. The van der Waals surface area contributed by atoms with Crippen molar-refractivity contribution < 1.29 is 9.18 Å². The number of halogens is 2. The Morgan fingerprint density at radius 1 is 1.59 bits per heavy atom. The second kappa shape index (κ2) is 5.02. The fourth-order valence-electron chi connectivity index (χ4n) is 1.97. The second-order valence-electron chi connectivity index (χ2n) is 4.15. The van der Waals surface area contributed by atoms with E-state index in [-0.39, 0.29) is 22.5 Å². The molecule has 0 aromatic heterocycles. The normalized spacial score (nSPS) is 20.4. The summed E-state index contributed by atoms with van der Waals surface area (Å²) in [6.45, 7) is 3.99. The van der Waals surface area contributed by atoms with E-state index < -0.39 is 5.82 Å². The van der Waals surface area contributed by atoms with Crippen LogP contribution in [0.5, 0.6) is 0 Å². The predicted octanol–water partition coefficient (Wildman–Crippen LogP) is 1.91. The molecule has 0 spiro atoms. The summed E-state index contributed by atoms with van der Waals surface area (Å²) in [5.41, 5.74) is 0.0475. The van der Waals surface area contributed by atoms with E-state index in [2.05, 4.69) is 5.32 Å². The Morgan fingerprint density at radius 2 is 2.35 bits per heavy atom. The first-order valence-electron chi connectivity index (χ1n) is 5.57. The minimum absolute atomic E-state index is 0.0152. The maximum absolute atomic E-state index is 13.7. The van der Waals surface area contributed by atoms with Crippen molar-refractivity contribution in [3.8, 4) is 0 Å². The first-order chi connectivity index (χ1) is 8.11. The van der Waals surface area contributed by atoms with Crippen molar-refractivity contribution in [3.63, 3.8) is 0 Å². The van der Waals surface area contributed by atoms with E-state index in [1.807, 2.05) is 6.92 Å². The van der Waals surface area contributed by atoms with Gasteiger partial charge in [-0.15, -0.1) is 0 Å². The van der Waals surface area contributed by atoms with Gasteiger partial charge in [0.1, 0.15) is 0 Å². The number of hydrogen-bond donors (Lipinski definition) is 1. The number of nitrogens with zero attached hydrogens (tertiary/aromatic N) is 1. The van der Waals surface area contributed by atoms with Crippen molar-refractivity contribution in [2.24, 2.45) is 0 Å². The van der Waals surface area contributed by atoms with Gasteiger partial charge in [0.15, 0.2) is 5.82 Å². The lowest BCUT2D eigenvalue weighted by Gasteiger charge is -2.34. The molecule has 17 heavy (non-hydrogen) atoms. The van der Waals surface area contributed by atoms with Gasteiger partial charge < -0.3 is 10.2 Å². The Hall–Kier alpha value is -1.13. The number of rotatable bonds is 1. The Kier molecular flexibility index (Phi) is 3.64. The van der Waals surface area contributed by atoms with Gasteiger partial charge in [-0.05, 0) is 19.1 Å². The molecule has 0 saturated carbocycles. The third-order valence-electron chi connectivity index (χ3n) is 2.94. The number of piperazine rings is 1. The average Bonchev–Trinajstić information content (AvgIpc) is 2.32. The minimum atomic E-state index is -0.634. The topological polar surface area (TPSA) is 32.3 Å². The minimum Gasteiger partial charge on any atom is -0.333 e. The Balaban J connectivity index is 2.27. The lowest BCUT2D eigenvalue weighted by atomic mass is 10.1. The Labute approximate surface area is 105 Å². The monoisotopic (exact) mass is 256 g/mol. The van der Waals surface area contributed by atoms with Gasteiger partial charge in [-0.2, -0.15) is 0 Å². The first kappa shape index (κ1) is 12.3. The highest BCUT2D eigenvalue weighted by atomic mass is 35.5. The highest BCUT2D eigenvalue weighted by Crippen LogP contribution is 2.20. The molecule has 0 bridgehead atoms. The van der Waals surface area contributed by atoms with Crippen LogP contribution in [0, 0.1) is 5.82 Å². The van der Waals surface area contributed by atoms with Gasteiger partial charge in [0.25, 0.3) is 5.91 Å². The highest BCUT2D eigenvalue weighted by molar-refractivity contribution is 6.31. The zero-order valence-corrected chi connectivity index (χ0v) is 10.3. The van der Waals surface area contributed by atoms with Gasteiger partial charge >= 0.3 is 0 Å². The fourth-order valence-corrected chi connectivity index (χ4v) is 2.14. The van der Waals surface area contributed by atoms with Crippen LogP contribution in [0.25, 0.3) is 0 Å². The van der Waals surface area contributed by atoms with E-state index in [4.69, 9.17) is 11.6 Å². The van der Waals surface area contributed by atoms with Crippen molar-refractivity contribution in [2.75, 3.05) is 19.6 Å². The lowest BCUT2D eigenvalue weighted by Crippen LogP contribution is -2.52. The van der Waals surface area contributed by atoms with Gasteiger partial charge in [0.2, 0.25) is 0 Å². The summed E-state index contributed by atoms with van der Waals surface area (Å²) >= 11 is 5.68. The molecule has 1 saturated heterocycles. The lowest BCUT2D eigenvalue weighted by molar-refractivity contribution is 0.0651. The standard InChI is InChI=1S/C12H14ClFN2O/c1-8-7-15-5-6-16(8)12(17)9-3-2-4-10(13)11(9)14/h2-4,8,15H,5-7H2,1H3/t8-/m0/s1. The zero-order valence-electron chi connectivity index (χ0n) is 9.54. The zero-order chi connectivity index (χ0) is 12.4. The van der Waals surface area contributed by atoms with E-state index >= 15 is 0 Å². The van der Waals surface area contributed by atoms with Crippen molar-refractivity contribution in [2.45, 2.75) is 13.0 Å². The van der Waals surface area contributed by atoms with Crippen molar-refractivity contribution in [1.82, 2.24) is 10.2 Å². The second-order valence-corrected chi connectivity index (χ2v) is 4.56. The molecule has 1 fully saturated rings. The van der Waals surface area contributed by atoms with E-state index in [1.54, 1.807) is 11.0 Å². The van der Waals surface area contributed by atoms with Gasteiger partial charge in [-0.1, -0.05) is 17.7 Å². The highest BCUT2D eigenvalue weighted by Gasteiger charge is 2.26. The van der Waals surface area contributed by atoms with Gasteiger partial charge in [0.05, 0.1) is 10.6 Å². The number of amides is 1. The molecule has 0 radical (unpaired) electrons. The maximum atomic E-state index is 13.7. The van der Waals surface area contributed by atoms with Gasteiger partial charge in [-0.3, -0.25) is 4.79 Å². The molecule has 2 rings (SSSR count). The summed E-state index contributed by atoms with van der Waals surface area (Å²) in [5.74, 6) is -0.927. The predicted molar refractivity (Wildman–Crippen MR) is 64.8 cm³/mol.